The molecule has 0 saturated carbocycles. The molecular formula is C15H15NO2. The van der Waals surface area contributed by atoms with Gasteiger partial charge in [-0.05, 0) is 37.5 Å². The van der Waals surface area contributed by atoms with E-state index in [4.69, 9.17) is 5.11 Å². The Hall–Kier alpha value is -2.16. The van der Waals surface area contributed by atoms with E-state index in [1.807, 2.05) is 19.1 Å². The first-order valence-corrected chi connectivity index (χ1v) is 5.89. The fraction of sp³-hybridized carbons (Fsp3) is 0.200. The number of hydrogen-bond donors (Lipinski definition) is 1. The van der Waals surface area contributed by atoms with Gasteiger partial charge in [-0.2, -0.15) is 0 Å². The standard InChI is InChI=1S/C15H15NO2/c1-11-4-2-5-12(10-11)7-8-14-13(15(17)18)6-3-9-16-14/h2-6,9-10H,7-8H2,1H3,(H,17,18). The van der Waals surface area contributed by atoms with E-state index in [9.17, 15) is 4.79 Å². The second-order valence-corrected chi connectivity index (χ2v) is 4.29. The van der Waals surface area contributed by atoms with Crippen LogP contribution in [0.2, 0.25) is 0 Å². The molecule has 3 nitrogen and oxygen atoms in total. The molecule has 0 aliphatic rings. The predicted molar refractivity (Wildman–Crippen MR) is 69.8 cm³/mol. The van der Waals surface area contributed by atoms with E-state index >= 15 is 0 Å². The molecule has 0 saturated heterocycles. The summed E-state index contributed by atoms with van der Waals surface area (Å²) in [6, 6.07) is 11.5. The average Bonchev–Trinajstić information content (AvgIpc) is 2.37. The third kappa shape index (κ3) is 2.94. The topological polar surface area (TPSA) is 50.2 Å². The lowest BCUT2D eigenvalue weighted by Gasteiger charge is -2.05. The van der Waals surface area contributed by atoms with Crippen LogP contribution in [0.5, 0.6) is 0 Å². The van der Waals surface area contributed by atoms with Crippen LogP contribution in [-0.2, 0) is 12.8 Å². The van der Waals surface area contributed by atoms with Crippen LogP contribution in [0.15, 0.2) is 42.6 Å². The predicted octanol–water partition coefficient (Wildman–Crippen LogP) is 2.87. The van der Waals surface area contributed by atoms with Gasteiger partial charge in [0.2, 0.25) is 0 Å². The number of rotatable bonds is 4. The average molecular weight is 241 g/mol. The third-order valence-corrected chi connectivity index (χ3v) is 2.85. The van der Waals surface area contributed by atoms with Gasteiger partial charge in [-0.25, -0.2) is 4.79 Å². The van der Waals surface area contributed by atoms with Crippen molar-refractivity contribution in [2.75, 3.05) is 0 Å². The molecule has 3 heteroatoms. The van der Waals surface area contributed by atoms with Crippen molar-refractivity contribution in [1.82, 2.24) is 4.98 Å². The highest BCUT2D eigenvalue weighted by Gasteiger charge is 2.10. The number of nitrogens with zero attached hydrogens (tertiary/aromatic N) is 1. The zero-order valence-corrected chi connectivity index (χ0v) is 10.3. The van der Waals surface area contributed by atoms with E-state index in [1.165, 1.54) is 11.1 Å². The lowest BCUT2D eigenvalue weighted by molar-refractivity contribution is 0.0695. The summed E-state index contributed by atoms with van der Waals surface area (Å²) >= 11 is 0. The number of benzene rings is 1. The van der Waals surface area contributed by atoms with Crippen LogP contribution < -0.4 is 0 Å². The van der Waals surface area contributed by atoms with Gasteiger partial charge in [0, 0.05) is 6.20 Å². The number of hydrogen-bond acceptors (Lipinski definition) is 2. The summed E-state index contributed by atoms with van der Waals surface area (Å²) in [7, 11) is 0. The summed E-state index contributed by atoms with van der Waals surface area (Å²) in [6.07, 6.45) is 3.09. The van der Waals surface area contributed by atoms with Gasteiger partial charge in [-0.15, -0.1) is 0 Å². The lowest BCUT2D eigenvalue weighted by Crippen LogP contribution is -2.05. The Morgan fingerprint density at radius 3 is 2.78 bits per heavy atom. The van der Waals surface area contributed by atoms with Crippen LogP contribution >= 0.6 is 0 Å². The van der Waals surface area contributed by atoms with Crippen LogP contribution in [0, 0.1) is 6.92 Å². The molecule has 2 aromatic rings. The van der Waals surface area contributed by atoms with Gasteiger partial charge in [0.05, 0.1) is 11.3 Å². The van der Waals surface area contributed by atoms with Gasteiger partial charge in [0.1, 0.15) is 0 Å². The highest BCUT2D eigenvalue weighted by atomic mass is 16.4. The van der Waals surface area contributed by atoms with Crippen molar-refractivity contribution in [3.63, 3.8) is 0 Å². The van der Waals surface area contributed by atoms with Gasteiger partial charge < -0.3 is 5.11 Å². The smallest absolute Gasteiger partial charge is 0.337 e. The molecule has 1 heterocycles. The second-order valence-electron chi connectivity index (χ2n) is 4.29. The molecule has 0 fully saturated rings. The van der Waals surface area contributed by atoms with Crippen molar-refractivity contribution in [3.05, 3.63) is 65.0 Å². The Balaban J connectivity index is 2.13. The van der Waals surface area contributed by atoms with Crippen molar-refractivity contribution in [3.8, 4) is 0 Å². The first kappa shape index (κ1) is 12.3. The quantitative estimate of drug-likeness (QED) is 0.895. The van der Waals surface area contributed by atoms with Gasteiger partial charge in [0.25, 0.3) is 0 Å². The van der Waals surface area contributed by atoms with Gasteiger partial charge in [-0.3, -0.25) is 4.98 Å². The van der Waals surface area contributed by atoms with Crippen molar-refractivity contribution in [2.45, 2.75) is 19.8 Å². The van der Waals surface area contributed by atoms with E-state index in [1.54, 1.807) is 18.3 Å². The molecule has 0 atom stereocenters. The maximum atomic E-state index is 11.0. The fourth-order valence-electron chi connectivity index (χ4n) is 1.96. The molecule has 0 spiro atoms. The maximum Gasteiger partial charge on any atom is 0.337 e. The van der Waals surface area contributed by atoms with Crippen LogP contribution in [0.25, 0.3) is 0 Å². The molecule has 1 aromatic heterocycles. The molecule has 0 aliphatic heterocycles. The Morgan fingerprint density at radius 1 is 1.22 bits per heavy atom. The maximum absolute atomic E-state index is 11.0. The molecular weight excluding hydrogens is 226 g/mol. The van der Waals surface area contributed by atoms with E-state index < -0.39 is 5.97 Å². The van der Waals surface area contributed by atoms with E-state index in [0.29, 0.717) is 17.7 Å². The summed E-state index contributed by atoms with van der Waals surface area (Å²) in [5.74, 6) is -0.914. The molecule has 18 heavy (non-hydrogen) atoms. The Morgan fingerprint density at radius 2 is 2.06 bits per heavy atom. The number of aromatic carboxylic acids is 1. The van der Waals surface area contributed by atoms with E-state index in [0.717, 1.165) is 6.42 Å². The van der Waals surface area contributed by atoms with Crippen molar-refractivity contribution < 1.29 is 9.90 Å². The highest BCUT2D eigenvalue weighted by molar-refractivity contribution is 5.88. The van der Waals surface area contributed by atoms with Crippen LogP contribution in [-0.4, -0.2) is 16.1 Å². The lowest BCUT2D eigenvalue weighted by atomic mass is 10.0. The minimum absolute atomic E-state index is 0.296. The minimum atomic E-state index is -0.914. The second kappa shape index (κ2) is 5.45. The monoisotopic (exact) mass is 241 g/mol. The summed E-state index contributed by atoms with van der Waals surface area (Å²) in [5, 5.41) is 9.07. The summed E-state index contributed by atoms with van der Waals surface area (Å²) in [4.78, 5) is 15.2. The fourth-order valence-corrected chi connectivity index (χ4v) is 1.96. The van der Waals surface area contributed by atoms with Crippen molar-refractivity contribution in [2.24, 2.45) is 0 Å². The zero-order valence-electron chi connectivity index (χ0n) is 10.3. The number of carboxylic acid groups (broad SMARTS) is 1. The molecule has 92 valence electrons. The number of pyridine rings is 1. The SMILES string of the molecule is Cc1cccc(CCc2ncccc2C(=O)O)c1. The molecule has 0 bridgehead atoms. The highest BCUT2D eigenvalue weighted by Crippen LogP contribution is 2.11. The van der Waals surface area contributed by atoms with Crippen LogP contribution in [0.4, 0.5) is 0 Å². The Kier molecular flexibility index (Phi) is 3.72. The number of carboxylic acids is 1. The summed E-state index contributed by atoms with van der Waals surface area (Å²) in [6.45, 7) is 2.05. The number of aromatic nitrogens is 1. The Labute approximate surface area is 106 Å². The van der Waals surface area contributed by atoms with Gasteiger partial charge in [-0.1, -0.05) is 29.8 Å². The third-order valence-electron chi connectivity index (χ3n) is 2.85. The number of aryl methyl sites for hydroxylation is 3. The number of carbonyl (C=O) groups is 1. The van der Waals surface area contributed by atoms with E-state index in [-0.39, 0.29) is 0 Å². The molecule has 1 N–H and O–H groups in total. The minimum Gasteiger partial charge on any atom is -0.478 e. The largest absolute Gasteiger partial charge is 0.478 e. The molecule has 0 unspecified atom stereocenters. The van der Waals surface area contributed by atoms with Gasteiger partial charge >= 0.3 is 5.97 Å². The van der Waals surface area contributed by atoms with Crippen molar-refractivity contribution >= 4 is 5.97 Å². The van der Waals surface area contributed by atoms with Crippen LogP contribution in [0.3, 0.4) is 0 Å². The van der Waals surface area contributed by atoms with Crippen LogP contribution in [0.1, 0.15) is 27.2 Å². The van der Waals surface area contributed by atoms with Gasteiger partial charge in [0.15, 0.2) is 0 Å². The van der Waals surface area contributed by atoms with E-state index in [2.05, 4.69) is 17.1 Å². The molecule has 0 radical (unpaired) electrons. The first-order valence-electron chi connectivity index (χ1n) is 5.89. The molecule has 2 rings (SSSR count). The Bertz CT molecular complexity index is 564. The zero-order chi connectivity index (χ0) is 13.0. The normalized spacial score (nSPS) is 10.3. The molecule has 1 aromatic carbocycles. The van der Waals surface area contributed by atoms with Crippen molar-refractivity contribution in [1.29, 1.82) is 0 Å². The first-order chi connectivity index (χ1) is 8.66. The molecule has 0 amide bonds. The summed E-state index contributed by atoms with van der Waals surface area (Å²) < 4.78 is 0. The summed E-state index contributed by atoms with van der Waals surface area (Å²) in [5.41, 5.74) is 3.36. The molecule has 0 aliphatic carbocycles.